The zero-order valence-corrected chi connectivity index (χ0v) is 13.9. The number of carbonyl (C=O) groups excluding carboxylic acids is 1. The third kappa shape index (κ3) is 4.26. The smallest absolute Gasteiger partial charge is 0.345 e. The first-order valence-corrected chi connectivity index (χ1v) is 8.24. The monoisotopic (exact) mass is 387 g/mol. The Hall–Kier alpha value is -2.51. The van der Waals surface area contributed by atoms with Crippen molar-refractivity contribution in [3.8, 4) is 0 Å². The number of hydrogen-bond donors (Lipinski definition) is 1. The average molecular weight is 387 g/mol. The van der Waals surface area contributed by atoms with E-state index >= 15 is 0 Å². The lowest BCUT2D eigenvalue weighted by molar-refractivity contribution is -0.143. The quantitative estimate of drug-likeness (QED) is 0.675. The predicted molar refractivity (Wildman–Crippen MR) is 86.0 cm³/mol. The van der Waals surface area contributed by atoms with E-state index in [2.05, 4.69) is 5.32 Å². The van der Waals surface area contributed by atoms with Crippen LogP contribution in [0.5, 0.6) is 0 Å². The van der Waals surface area contributed by atoms with Gasteiger partial charge in [0.15, 0.2) is 0 Å². The first-order valence-electron chi connectivity index (χ1n) is 8.24. The number of aryl methyl sites for hydroxylation is 1. The molecule has 0 saturated carbocycles. The van der Waals surface area contributed by atoms with Gasteiger partial charge in [0.25, 0.3) is 5.91 Å². The molecule has 27 heavy (non-hydrogen) atoms. The Balaban J connectivity index is 1.93. The molecule has 2 aromatic rings. The maximum atomic E-state index is 13.0. The number of nitrogens with one attached hydrogen (secondary N) is 1. The largest absolute Gasteiger partial charge is 0.416 e. The maximum absolute atomic E-state index is 13.0. The molecule has 0 saturated heterocycles. The summed E-state index contributed by atoms with van der Waals surface area (Å²) >= 11 is 0. The van der Waals surface area contributed by atoms with Crippen molar-refractivity contribution in [1.29, 1.82) is 0 Å². The van der Waals surface area contributed by atoms with Gasteiger partial charge < -0.3 is 5.32 Å². The molecule has 3 rings (SSSR count). The third-order valence-electron chi connectivity index (χ3n) is 4.52. The molecule has 1 amide bonds. The normalized spacial score (nSPS) is 17.3. The fourth-order valence-electron chi connectivity index (χ4n) is 3.23. The van der Waals surface area contributed by atoms with Crippen LogP contribution in [0.1, 0.15) is 51.5 Å². The third-order valence-corrected chi connectivity index (χ3v) is 4.52. The van der Waals surface area contributed by atoms with E-state index in [0.29, 0.717) is 18.6 Å². The molecule has 8 heteroatoms. The summed E-state index contributed by atoms with van der Waals surface area (Å²) in [6.07, 6.45) is -7.85. The van der Waals surface area contributed by atoms with E-state index in [9.17, 15) is 31.1 Å². The summed E-state index contributed by atoms with van der Waals surface area (Å²) in [5.74, 6) is -0.965. The zero-order chi connectivity index (χ0) is 19.8. The standard InChI is InChI=1S/C19H15F6NO/c20-18(21,22)13-8-12(9-14(10-13)19(23,24)25)17(27)26-16-7-3-5-11-4-1-2-6-15(11)16/h1-2,4,6,8-10,16H,3,5,7H2,(H,26,27). The molecular formula is C19H15F6NO. The van der Waals surface area contributed by atoms with Gasteiger partial charge in [0.05, 0.1) is 17.2 Å². The molecule has 1 atom stereocenters. The van der Waals surface area contributed by atoms with E-state index < -0.39 is 41.0 Å². The lowest BCUT2D eigenvalue weighted by atomic mass is 9.87. The number of fused-ring (bicyclic) bond motifs is 1. The van der Waals surface area contributed by atoms with Crippen molar-refractivity contribution in [3.63, 3.8) is 0 Å². The maximum Gasteiger partial charge on any atom is 0.416 e. The molecule has 144 valence electrons. The van der Waals surface area contributed by atoms with Gasteiger partial charge in [-0.1, -0.05) is 24.3 Å². The van der Waals surface area contributed by atoms with Crippen LogP contribution >= 0.6 is 0 Å². The van der Waals surface area contributed by atoms with Crippen molar-refractivity contribution in [1.82, 2.24) is 5.32 Å². The number of halogens is 6. The topological polar surface area (TPSA) is 29.1 Å². The molecule has 0 aliphatic heterocycles. The highest BCUT2D eigenvalue weighted by Gasteiger charge is 2.37. The van der Waals surface area contributed by atoms with Crippen LogP contribution in [0.4, 0.5) is 26.3 Å². The Morgan fingerprint density at radius 2 is 1.52 bits per heavy atom. The zero-order valence-electron chi connectivity index (χ0n) is 13.9. The van der Waals surface area contributed by atoms with Crippen molar-refractivity contribution in [3.05, 3.63) is 70.3 Å². The van der Waals surface area contributed by atoms with Crippen LogP contribution in [0.3, 0.4) is 0 Å². The molecule has 0 bridgehead atoms. The summed E-state index contributed by atoms with van der Waals surface area (Å²) in [4.78, 5) is 12.4. The summed E-state index contributed by atoms with van der Waals surface area (Å²) in [7, 11) is 0. The number of hydrogen-bond acceptors (Lipinski definition) is 1. The second kappa shape index (κ2) is 6.90. The Morgan fingerprint density at radius 3 is 2.11 bits per heavy atom. The SMILES string of the molecule is O=C(NC1CCCc2ccccc21)c1cc(C(F)(F)F)cc(C(F)(F)F)c1. The average Bonchev–Trinajstić information content (AvgIpc) is 2.60. The highest BCUT2D eigenvalue weighted by Crippen LogP contribution is 2.36. The lowest BCUT2D eigenvalue weighted by Crippen LogP contribution is -2.31. The molecule has 0 aromatic heterocycles. The van der Waals surface area contributed by atoms with Crippen molar-refractivity contribution in [2.75, 3.05) is 0 Å². The van der Waals surface area contributed by atoms with E-state index in [1.807, 2.05) is 12.1 Å². The predicted octanol–water partition coefficient (Wildman–Crippen LogP) is 5.53. The second-order valence-corrected chi connectivity index (χ2v) is 6.41. The number of amides is 1. The van der Waals surface area contributed by atoms with Crippen molar-refractivity contribution >= 4 is 5.91 Å². The van der Waals surface area contributed by atoms with Gasteiger partial charge in [-0.05, 0) is 48.6 Å². The first-order chi connectivity index (χ1) is 12.6. The second-order valence-electron chi connectivity index (χ2n) is 6.41. The van der Waals surface area contributed by atoms with Crippen LogP contribution in [0, 0.1) is 0 Å². The number of rotatable bonds is 2. The molecule has 0 spiro atoms. The van der Waals surface area contributed by atoms with Gasteiger partial charge >= 0.3 is 12.4 Å². The van der Waals surface area contributed by atoms with E-state index in [1.165, 1.54) is 0 Å². The van der Waals surface area contributed by atoms with Gasteiger partial charge in [-0.2, -0.15) is 26.3 Å². The number of benzene rings is 2. The molecule has 2 aromatic carbocycles. The summed E-state index contributed by atoms with van der Waals surface area (Å²) < 4.78 is 77.7. The minimum absolute atomic E-state index is 0.00664. The molecule has 1 unspecified atom stereocenters. The van der Waals surface area contributed by atoms with Crippen LogP contribution in [0.25, 0.3) is 0 Å². The van der Waals surface area contributed by atoms with Gasteiger partial charge in [0, 0.05) is 5.56 Å². The van der Waals surface area contributed by atoms with Gasteiger partial charge in [-0.3, -0.25) is 4.79 Å². The minimum Gasteiger partial charge on any atom is -0.345 e. The van der Waals surface area contributed by atoms with Gasteiger partial charge in [0.1, 0.15) is 0 Å². The first kappa shape index (κ1) is 19.3. The number of carbonyl (C=O) groups is 1. The molecule has 2 nitrogen and oxygen atoms in total. The van der Waals surface area contributed by atoms with Crippen molar-refractivity contribution < 1.29 is 31.1 Å². The highest BCUT2D eigenvalue weighted by atomic mass is 19.4. The summed E-state index contributed by atoms with van der Waals surface area (Å²) in [6.45, 7) is 0. The highest BCUT2D eigenvalue weighted by molar-refractivity contribution is 5.95. The molecule has 0 radical (unpaired) electrons. The molecule has 1 N–H and O–H groups in total. The van der Waals surface area contributed by atoms with Crippen molar-refractivity contribution in [2.45, 2.75) is 37.7 Å². The molecular weight excluding hydrogens is 372 g/mol. The van der Waals surface area contributed by atoms with Crippen LogP contribution in [-0.2, 0) is 18.8 Å². The minimum atomic E-state index is -4.99. The molecule has 0 heterocycles. The summed E-state index contributed by atoms with van der Waals surface area (Å²) in [5, 5.41) is 2.58. The van der Waals surface area contributed by atoms with Crippen LogP contribution in [0.2, 0.25) is 0 Å². The Kier molecular flexibility index (Phi) is 4.92. The van der Waals surface area contributed by atoms with Gasteiger partial charge in [-0.25, -0.2) is 0 Å². The van der Waals surface area contributed by atoms with Crippen molar-refractivity contribution in [2.24, 2.45) is 0 Å². The van der Waals surface area contributed by atoms with E-state index in [-0.39, 0.29) is 6.07 Å². The lowest BCUT2D eigenvalue weighted by Gasteiger charge is -2.26. The summed E-state index contributed by atoms with van der Waals surface area (Å²) in [6, 6.07) is 7.74. The van der Waals surface area contributed by atoms with Crippen LogP contribution in [-0.4, -0.2) is 5.91 Å². The van der Waals surface area contributed by atoms with Crippen LogP contribution in [0.15, 0.2) is 42.5 Å². The summed E-state index contributed by atoms with van der Waals surface area (Å²) in [5.41, 5.74) is -1.84. The number of alkyl halides is 6. The Bertz CT molecular complexity index is 824. The van der Waals surface area contributed by atoms with Gasteiger partial charge in [-0.15, -0.1) is 0 Å². The molecule has 0 fully saturated rings. The Morgan fingerprint density at radius 1 is 0.926 bits per heavy atom. The van der Waals surface area contributed by atoms with E-state index in [0.717, 1.165) is 24.0 Å². The fourth-order valence-corrected chi connectivity index (χ4v) is 3.23. The molecule has 1 aliphatic rings. The van der Waals surface area contributed by atoms with E-state index in [4.69, 9.17) is 0 Å². The van der Waals surface area contributed by atoms with Crippen LogP contribution < -0.4 is 5.32 Å². The fraction of sp³-hybridized carbons (Fsp3) is 0.316. The molecule has 1 aliphatic carbocycles. The Labute approximate surface area is 151 Å². The van der Waals surface area contributed by atoms with E-state index in [1.54, 1.807) is 12.1 Å². The van der Waals surface area contributed by atoms with Gasteiger partial charge in [0.2, 0.25) is 0 Å².